The summed E-state index contributed by atoms with van der Waals surface area (Å²) in [5.74, 6) is -0.262. The third-order valence-corrected chi connectivity index (χ3v) is 12.5. The average molecular weight is 735 g/mol. The Hall–Kier alpha value is -3.48. The Labute approximate surface area is 321 Å². The minimum Gasteiger partial charge on any atom is -0.398 e. The number of anilines is 2. The van der Waals surface area contributed by atoms with Crippen molar-refractivity contribution in [3.63, 3.8) is 0 Å². The van der Waals surface area contributed by atoms with Crippen LogP contribution in [0.5, 0.6) is 0 Å². The highest BCUT2D eigenvalue weighted by Crippen LogP contribution is 2.43. The van der Waals surface area contributed by atoms with E-state index in [-0.39, 0.29) is 11.6 Å². The molecule has 0 aromatic heterocycles. The summed E-state index contributed by atoms with van der Waals surface area (Å²) in [7, 11) is 0. The predicted octanol–water partition coefficient (Wildman–Crippen LogP) is 13.3. The molecule has 4 aromatic rings. The Balaban J connectivity index is 1.24. The lowest BCUT2D eigenvalue weighted by Crippen LogP contribution is -2.22. The maximum absolute atomic E-state index is 14.4. The molecule has 0 saturated carbocycles. The summed E-state index contributed by atoms with van der Waals surface area (Å²) < 4.78 is 0. The molecular formula is C46H58N2O2S2. The second-order valence-corrected chi connectivity index (χ2v) is 16.6. The van der Waals surface area contributed by atoms with Crippen molar-refractivity contribution in [1.82, 2.24) is 0 Å². The van der Waals surface area contributed by atoms with Crippen molar-refractivity contribution in [2.45, 2.75) is 149 Å². The van der Waals surface area contributed by atoms with Gasteiger partial charge in [-0.3, -0.25) is 9.59 Å². The van der Waals surface area contributed by atoms with Crippen LogP contribution < -0.4 is 11.5 Å². The van der Waals surface area contributed by atoms with Gasteiger partial charge < -0.3 is 11.5 Å². The largest absolute Gasteiger partial charge is 0.398 e. The molecule has 0 atom stereocenters. The molecule has 0 aliphatic heterocycles. The van der Waals surface area contributed by atoms with Gasteiger partial charge in [0.1, 0.15) is 0 Å². The van der Waals surface area contributed by atoms with Gasteiger partial charge in [-0.2, -0.15) is 0 Å². The lowest BCUT2D eigenvalue weighted by atomic mass is 9.84. The number of hydrogen-bond donors (Lipinski definition) is 2. The van der Waals surface area contributed by atoms with E-state index in [1.165, 1.54) is 125 Å². The summed E-state index contributed by atoms with van der Waals surface area (Å²) in [4.78, 5) is 31.6. The molecule has 4 N–H and O–H groups in total. The molecule has 0 fully saturated rings. The first-order valence-corrected chi connectivity index (χ1v) is 21.5. The Morgan fingerprint density at radius 3 is 1.21 bits per heavy atom. The molecule has 4 nitrogen and oxygen atoms in total. The number of carbonyl (C=O) groups excluding carboxylic acids is 2. The summed E-state index contributed by atoms with van der Waals surface area (Å²) in [5, 5.41) is 0. The molecule has 0 spiro atoms. The predicted molar refractivity (Wildman–Crippen MR) is 222 cm³/mol. The van der Waals surface area contributed by atoms with E-state index in [1.807, 2.05) is 24.3 Å². The van der Waals surface area contributed by atoms with E-state index in [1.54, 1.807) is 12.1 Å². The third-order valence-electron chi connectivity index (χ3n) is 10.2. The number of hydrogen-bond acceptors (Lipinski definition) is 6. The Bertz CT molecular complexity index is 1670. The van der Waals surface area contributed by atoms with Crippen LogP contribution in [-0.4, -0.2) is 11.6 Å². The van der Waals surface area contributed by atoms with Gasteiger partial charge in [0.2, 0.25) is 0 Å². The lowest BCUT2D eigenvalue weighted by Gasteiger charge is -2.22. The fourth-order valence-corrected chi connectivity index (χ4v) is 9.21. The lowest BCUT2D eigenvalue weighted by molar-refractivity contribution is 0.0974. The minimum absolute atomic E-state index is 0.128. The second kappa shape index (κ2) is 20.7. The zero-order valence-electron chi connectivity index (χ0n) is 31.4. The van der Waals surface area contributed by atoms with Gasteiger partial charge in [0.05, 0.1) is 0 Å². The summed E-state index contributed by atoms with van der Waals surface area (Å²) in [6, 6.07) is 23.7. The summed E-state index contributed by atoms with van der Waals surface area (Å²) in [6.07, 6.45) is 22.7. The van der Waals surface area contributed by atoms with Crippen molar-refractivity contribution in [2.24, 2.45) is 0 Å². The first kappa shape index (κ1) is 39.7. The van der Waals surface area contributed by atoms with Crippen LogP contribution in [-0.2, 0) is 12.8 Å². The molecule has 0 bridgehead atoms. The zero-order valence-corrected chi connectivity index (χ0v) is 33.1. The molecule has 6 heteroatoms. The number of unbranched alkanes of at least 4 members (excludes halogenated alkanes) is 14. The van der Waals surface area contributed by atoms with Crippen molar-refractivity contribution in [3.8, 4) is 0 Å². The fourth-order valence-electron chi connectivity index (χ4n) is 7.20. The second-order valence-electron chi connectivity index (χ2n) is 14.4. The van der Waals surface area contributed by atoms with Gasteiger partial charge in [-0.05, 0) is 73.2 Å². The van der Waals surface area contributed by atoms with Gasteiger partial charge >= 0.3 is 0 Å². The first-order valence-electron chi connectivity index (χ1n) is 19.9. The van der Waals surface area contributed by atoms with Crippen molar-refractivity contribution in [2.75, 3.05) is 11.5 Å². The van der Waals surface area contributed by atoms with Gasteiger partial charge in [0.25, 0.3) is 0 Å². The van der Waals surface area contributed by atoms with Crippen molar-refractivity contribution in [3.05, 3.63) is 106 Å². The number of fused-ring (bicyclic) bond motifs is 2. The van der Waals surface area contributed by atoms with Crippen LogP contribution in [0.25, 0.3) is 0 Å². The molecular weight excluding hydrogens is 677 g/mol. The van der Waals surface area contributed by atoms with Crippen molar-refractivity contribution >= 4 is 46.5 Å². The standard InChI is InChI=1S/C46H58N2O2S2/c1-3-5-7-9-11-13-15-17-21-33-27-29-39(37(47)31-33)51-41-25-19-23-35-43(41)46(50)44-36(45(35)49)24-20-26-42(44)52-40-30-28-34(32-38(40)48)22-18-16-14-12-10-8-6-4-2/h19-20,23-32H,3-18,21-22,47-48H2,1-2H3. The maximum atomic E-state index is 14.4. The number of rotatable bonds is 22. The number of carbonyl (C=O) groups is 2. The van der Waals surface area contributed by atoms with E-state index in [9.17, 15) is 9.59 Å². The number of aryl methyl sites for hydroxylation is 2. The third kappa shape index (κ3) is 10.8. The molecule has 0 amide bonds. The molecule has 1 aliphatic carbocycles. The molecule has 52 heavy (non-hydrogen) atoms. The molecule has 0 saturated heterocycles. The fraction of sp³-hybridized carbons (Fsp3) is 0.435. The van der Waals surface area contributed by atoms with Crippen molar-refractivity contribution in [1.29, 1.82) is 0 Å². The number of benzene rings is 4. The van der Waals surface area contributed by atoms with Crippen molar-refractivity contribution < 1.29 is 9.59 Å². The van der Waals surface area contributed by atoms with Crippen LogP contribution in [0.2, 0.25) is 0 Å². The van der Waals surface area contributed by atoms with E-state index in [4.69, 9.17) is 11.5 Å². The average Bonchev–Trinajstić information content (AvgIpc) is 3.14. The molecule has 5 rings (SSSR count). The van der Waals surface area contributed by atoms with Gasteiger partial charge in [-0.1, -0.05) is 164 Å². The van der Waals surface area contributed by atoms with Crippen LogP contribution in [0.3, 0.4) is 0 Å². The van der Waals surface area contributed by atoms with E-state index >= 15 is 0 Å². The van der Waals surface area contributed by atoms with Gasteiger partial charge in [-0.25, -0.2) is 0 Å². The normalized spacial score (nSPS) is 12.3. The molecule has 1 aliphatic rings. The number of nitrogen functional groups attached to an aromatic ring is 2. The van der Waals surface area contributed by atoms with Crippen LogP contribution in [0, 0.1) is 0 Å². The minimum atomic E-state index is -0.134. The Morgan fingerprint density at radius 1 is 0.442 bits per heavy atom. The molecule has 276 valence electrons. The van der Waals surface area contributed by atoms with Gasteiger partial charge in [0, 0.05) is 53.2 Å². The Kier molecular flexibility index (Phi) is 15.8. The molecule has 4 aromatic carbocycles. The highest BCUT2D eigenvalue weighted by Gasteiger charge is 2.34. The highest BCUT2D eigenvalue weighted by molar-refractivity contribution is 8.00. The van der Waals surface area contributed by atoms with E-state index in [0.29, 0.717) is 33.6 Å². The van der Waals surface area contributed by atoms with E-state index in [2.05, 4.69) is 50.2 Å². The van der Waals surface area contributed by atoms with E-state index in [0.717, 1.165) is 45.3 Å². The van der Waals surface area contributed by atoms with Crippen LogP contribution in [0.4, 0.5) is 11.4 Å². The molecule has 0 unspecified atom stereocenters. The first-order chi connectivity index (χ1) is 25.4. The quantitative estimate of drug-likeness (QED) is 0.0544. The van der Waals surface area contributed by atoms with Gasteiger partial charge in [0.15, 0.2) is 11.6 Å². The highest BCUT2D eigenvalue weighted by atomic mass is 32.2. The monoisotopic (exact) mass is 734 g/mol. The molecule has 0 radical (unpaired) electrons. The maximum Gasteiger partial charge on any atom is 0.196 e. The SMILES string of the molecule is CCCCCCCCCCc1ccc(Sc2cccc3c2C(=O)c2c(Sc4ccc(CCCCCCCCCC)cc4N)cccc2C3=O)c(N)c1. The van der Waals surface area contributed by atoms with Crippen LogP contribution >= 0.6 is 23.5 Å². The summed E-state index contributed by atoms with van der Waals surface area (Å²) >= 11 is 2.92. The van der Waals surface area contributed by atoms with Gasteiger partial charge in [-0.15, -0.1) is 0 Å². The topological polar surface area (TPSA) is 86.2 Å². The summed E-state index contributed by atoms with van der Waals surface area (Å²) in [5.41, 5.74) is 18.9. The Morgan fingerprint density at radius 2 is 0.827 bits per heavy atom. The number of nitrogens with two attached hydrogens (primary N) is 2. The summed E-state index contributed by atoms with van der Waals surface area (Å²) in [6.45, 7) is 4.51. The zero-order chi connectivity index (χ0) is 36.7. The van der Waals surface area contributed by atoms with Crippen LogP contribution in [0.1, 0.15) is 160 Å². The van der Waals surface area contributed by atoms with E-state index < -0.39 is 0 Å². The molecule has 0 heterocycles. The van der Waals surface area contributed by atoms with Crippen LogP contribution in [0.15, 0.2) is 92.4 Å². The smallest absolute Gasteiger partial charge is 0.196 e. The number of ketones is 2.